The lowest BCUT2D eigenvalue weighted by atomic mass is 10.0. The van der Waals surface area contributed by atoms with E-state index in [4.69, 9.17) is 0 Å². The molecule has 11 heteroatoms. The molecule has 0 fully saturated rings. The minimum absolute atomic E-state index is 0.0663. The second-order valence-corrected chi connectivity index (χ2v) is 12.9. The van der Waals surface area contributed by atoms with E-state index in [2.05, 4.69) is 21.2 Å². The van der Waals surface area contributed by atoms with Crippen LogP contribution in [0.3, 0.4) is 0 Å². The molecule has 3 rings (SSSR count). The molecule has 2 atom stereocenters. The summed E-state index contributed by atoms with van der Waals surface area (Å²) in [5.74, 6) is -1.45. The van der Waals surface area contributed by atoms with E-state index >= 15 is 0 Å². The van der Waals surface area contributed by atoms with Crippen LogP contribution < -0.4 is 9.62 Å². The number of anilines is 1. The first-order valence-corrected chi connectivity index (χ1v) is 15.4. The Kier molecular flexibility index (Phi) is 11.5. The standard InChI is InChI=1S/C30H36BrFN4O4S/c1-5-22(2)33-30(38)28(19-23-9-7-6-8-10-23)35(20-24-11-13-25(31)14-12-24)29(37)21-36(41(39,40)34(3)4)27-17-15-26(32)16-18-27/h6-18,22,28H,5,19-21H2,1-4H3,(H,33,38)/t22-,28+/m0/s1. The van der Waals surface area contributed by atoms with Gasteiger partial charge < -0.3 is 10.2 Å². The molecular formula is C30H36BrFN4O4S. The fourth-order valence-electron chi connectivity index (χ4n) is 4.11. The van der Waals surface area contributed by atoms with Crippen molar-refractivity contribution >= 4 is 43.6 Å². The van der Waals surface area contributed by atoms with Gasteiger partial charge in [-0.3, -0.25) is 9.59 Å². The van der Waals surface area contributed by atoms with E-state index in [0.29, 0.717) is 6.42 Å². The molecular weight excluding hydrogens is 611 g/mol. The Morgan fingerprint density at radius 1 is 0.927 bits per heavy atom. The van der Waals surface area contributed by atoms with E-state index in [1.165, 1.54) is 31.1 Å². The van der Waals surface area contributed by atoms with Gasteiger partial charge in [0.2, 0.25) is 11.8 Å². The lowest BCUT2D eigenvalue weighted by Crippen LogP contribution is -2.55. The summed E-state index contributed by atoms with van der Waals surface area (Å²) in [5.41, 5.74) is 1.74. The van der Waals surface area contributed by atoms with Gasteiger partial charge in [0.15, 0.2) is 0 Å². The van der Waals surface area contributed by atoms with Gasteiger partial charge in [-0.25, -0.2) is 8.70 Å². The molecule has 0 unspecified atom stereocenters. The van der Waals surface area contributed by atoms with E-state index in [-0.39, 0.29) is 30.6 Å². The normalized spacial score (nSPS) is 13.0. The van der Waals surface area contributed by atoms with Crippen LogP contribution in [-0.2, 0) is 32.8 Å². The predicted molar refractivity (Wildman–Crippen MR) is 163 cm³/mol. The average Bonchev–Trinajstić information content (AvgIpc) is 2.95. The summed E-state index contributed by atoms with van der Waals surface area (Å²) in [4.78, 5) is 29.3. The van der Waals surface area contributed by atoms with E-state index in [1.54, 1.807) is 0 Å². The number of hydrogen-bond acceptors (Lipinski definition) is 4. The highest BCUT2D eigenvalue weighted by Crippen LogP contribution is 2.23. The Morgan fingerprint density at radius 3 is 2.10 bits per heavy atom. The average molecular weight is 648 g/mol. The van der Waals surface area contributed by atoms with Gasteiger partial charge in [-0.2, -0.15) is 12.7 Å². The fourth-order valence-corrected chi connectivity index (χ4v) is 5.43. The number of amides is 2. The fraction of sp³-hybridized carbons (Fsp3) is 0.333. The zero-order valence-corrected chi connectivity index (χ0v) is 26.0. The summed E-state index contributed by atoms with van der Waals surface area (Å²) >= 11 is 3.42. The number of carbonyl (C=O) groups excluding carboxylic acids is 2. The molecule has 8 nitrogen and oxygen atoms in total. The summed E-state index contributed by atoms with van der Waals surface area (Å²) in [6.45, 7) is 3.31. The minimum atomic E-state index is -4.15. The topological polar surface area (TPSA) is 90.0 Å². The maximum Gasteiger partial charge on any atom is 0.304 e. The van der Waals surface area contributed by atoms with Crippen LogP contribution in [0, 0.1) is 5.82 Å². The number of nitrogens with one attached hydrogen (secondary N) is 1. The zero-order valence-electron chi connectivity index (χ0n) is 23.6. The summed E-state index contributed by atoms with van der Waals surface area (Å²) in [6, 6.07) is 20.5. The van der Waals surface area contributed by atoms with Crippen LogP contribution in [0.25, 0.3) is 0 Å². The lowest BCUT2D eigenvalue weighted by molar-refractivity contribution is -0.140. The Morgan fingerprint density at radius 2 is 1.54 bits per heavy atom. The minimum Gasteiger partial charge on any atom is -0.352 e. The molecule has 3 aromatic rings. The first-order valence-electron chi connectivity index (χ1n) is 13.3. The first-order chi connectivity index (χ1) is 19.4. The van der Waals surface area contributed by atoms with Gasteiger partial charge in [-0.15, -0.1) is 0 Å². The molecule has 0 aliphatic rings. The second-order valence-electron chi connectivity index (χ2n) is 9.94. The Bertz CT molecular complexity index is 1400. The van der Waals surface area contributed by atoms with E-state index in [9.17, 15) is 22.4 Å². The molecule has 1 N–H and O–H groups in total. The summed E-state index contributed by atoms with van der Waals surface area (Å²) < 4.78 is 43.2. The molecule has 41 heavy (non-hydrogen) atoms. The van der Waals surface area contributed by atoms with Gasteiger partial charge in [0.1, 0.15) is 18.4 Å². The van der Waals surface area contributed by atoms with Gasteiger partial charge in [0.05, 0.1) is 5.69 Å². The van der Waals surface area contributed by atoms with Gasteiger partial charge in [-0.05, 0) is 60.9 Å². The first kappa shape index (κ1) is 32.2. The Balaban J connectivity index is 2.08. The number of carbonyl (C=O) groups is 2. The molecule has 0 saturated heterocycles. The van der Waals surface area contributed by atoms with E-state index in [1.807, 2.05) is 68.4 Å². The molecule has 0 heterocycles. The van der Waals surface area contributed by atoms with E-state index < -0.39 is 34.5 Å². The largest absolute Gasteiger partial charge is 0.352 e. The van der Waals surface area contributed by atoms with Crippen molar-refractivity contribution < 1.29 is 22.4 Å². The maximum atomic E-state index is 14.2. The number of hydrogen-bond donors (Lipinski definition) is 1. The monoisotopic (exact) mass is 646 g/mol. The predicted octanol–water partition coefficient (Wildman–Crippen LogP) is 4.76. The molecule has 220 valence electrons. The summed E-state index contributed by atoms with van der Waals surface area (Å²) in [7, 11) is -1.44. The van der Waals surface area contributed by atoms with Crippen molar-refractivity contribution in [1.29, 1.82) is 0 Å². The number of rotatable bonds is 13. The van der Waals surface area contributed by atoms with Crippen LogP contribution in [-0.4, -0.2) is 62.2 Å². The second kappa shape index (κ2) is 14.6. The van der Waals surface area contributed by atoms with Crippen molar-refractivity contribution in [3.8, 4) is 0 Å². The van der Waals surface area contributed by atoms with Crippen molar-refractivity contribution in [1.82, 2.24) is 14.5 Å². The number of halogens is 2. The number of benzene rings is 3. The highest BCUT2D eigenvalue weighted by Gasteiger charge is 2.35. The van der Waals surface area contributed by atoms with Gasteiger partial charge >= 0.3 is 10.2 Å². The summed E-state index contributed by atoms with van der Waals surface area (Å²) in [5, 5.41) is 3.00. The van der Waals surface area contributed by atoms with Gasteiger partial charge in [-0.1, -0.05) is 65.3 Å². The lowest BCUT2D eigenvalue weighted by Gasteiger charge is -2.35. The zero-order chi connectivity index (χ0) is 30.2. The van der Waals surface area contributed by atoms with E-state index in [0.717, 1.165) is 36.3 Å². The van der Waals surface area contributed by atoms with Crippen molar-refractivity contribution in [2.24, 2.45) is 0 Å². The highest BCUT2D eigenvalue weighted by atomic mass is 79.9. The van der Waals surface area contributed by atoms with Crippen molar-refractivity contribution in [2.75, 3.05) is 24.9 Å². The van der Waals surface area contributed by atoms with Crippen molar-refractivity contribution in [3.05, 3.63) is 100 Å². The van der Waals surface area contributed by atoms with Crippen molar-refractivity contribution in [3.63, 3.8) is 0 Å². The third kappa shape index (κ3) is 8.85. The Hall–Kier alpha value is -3.28. The number of nitrogens with zero attached hydrogens (tertiary/aromatic N) is 3. The maximum absolute atomic E-state index is 14.2. The molecule has 0 aliphatic heterocycles. The van der Waals surface area contributed by atoms with Crippen LogP contribution >= 0.6 is 15.9 Å². The van der Waals surface area contributed by atoms with Crippen LogP contribution in [0.4, 0.5) is 10.1 Å². The molecule has 0 radical (unpaired) electrons. The highest BCUT2D eigenvalue weighted by molar-refractivity contribution is 9.10. The van der Waals surface area contributed by atoms with Crippen LogP contribution in [0.5, 0.6) is 0 Å². The smallest absolute Gasteiger partial charge is 0.304 e. The third-order valence-electron chi connectivity index (χ3n) is 6.67. The molecule has 2 amide bonds. The molecule has 3 aromatic carbocycles. The molecule has 0 saturated carbocycles. The van der Waals surface area contributed by atoms with Crippen LogP contribution in [0.1, 0.15) is 31.4 Å². The van der Waals surface area contributed by atoms with Gasteiger partial charge in [0.25, 0.3) is 0 Å². The quantitative estimate of drug-likeness (QED) is 0.290. The van der Waals surface area contributed by atoms with Crippen LogP contribution in [0.2, 0.25) is 0 Å². The molecule has 0 bridgehead atoms. The van der Waals surface area contributed by atoms with Crippen LogP contribution in [0.15, 0.2) is 83.3 Å². The molecule has 0 spiro atoms. The third-order valence-corrected chi connectivity index (χ3v) is 9.02. The Labute approximate surface area is 250 Å². The van der Waals surface area contributed by atoms with Gasteiger partial charge in [0, 0.05) is 37.6 Å². The molecule has 0 aliphatic carbocycles. The van der Waals surface area contributed by atoms with Crippen molar-refractivity contribution in [2.45, 2.75) is 45.3 Å². The SMILES string of the molecule is CC[C@H](C)NC(=O)[C@@H](Cc1ccccc1)N(Cc1ccc(Br)cc1)C(=O)CN(c1ccc(F)cc1)S(=O)(=O)N(C)C. The summed E-state index contributed by atoms with van der Waals surface area (Å²) in [6.07, 6.45) is 0.923. The molecule has 0 aromatic heterocycles.